The van der Waals surface area contributed by atoms with Crippen molar-refractivity contribution in [1.29, 1.82) is 0 Å². The maximum Gasteiger partial charge on any atom is 0.324 e. The molecule has 26 heavy (non-hydrogen) atoms. The van der Waals surface area contributed by atoms with E-state index in [-0.39, 0.29) is 23.6 Å². The van der Waals surface area contributed by atoms with Crippen LogP contribution in [0.2, 0.25) is 0 Å². The predicted octanol–water partition coefficient (Wildman–Crippen LogP) is 1.28. The summed E-state index contributed by atoms with van der Waals surface area (Å²) in [6.07, 6.45) is 0. The minimum atomic E-state index is -3.14. The molecule has 136 valence electrons. The maximum atomic E-state index is 12.3. The third-order valence-corrected chi connectivity index (χ3v) is 7.27. The number of carbonyl (C=O) groups is 1. The molecule has 0 bridgehead atoms. The number of urea groups is 1. The highest BCUT2D eigenvalue weighted by Gasteiger charge is 2.50. The first-order chi connectivity index (χ1) is 12.5. The molecule has 0 radical (unpaired) electrons. The number of ether oxygens (including phenoxy) is 2. The van der Waals surface area contributed by atoms with Gasteiger partial charge < -0.3 is 14.8 Å². The first kappa shape index (κ1) is 15.9. The van der Waals surface area contributed by atoms with Crippen LogP contribution >= 0.6 is 11.3 Å². The van der Waals surface area contributed by atoms with Crippen molar-refractivity contribution in [3.8, 4) is 22.8 Å². The number of aromatic nitrogens is 1. The van der Waals surface area contributed by atoms with Gasteiger partial charge >= 0.3 is 6.03 Å². The van der Waals surface area contributed by atoms with E-state index in [2.05, 4.69) is 10.3 Å². The van der Waals surface area contributed by atoms with Gasteiger partial charge in [-0.2, -0.15) is 0 Å². The summed E-state index contributed by atoms with van der Waals surface area (Å²) in [7, 11) is -3.14. The Kier molecular flexibility index (Phi) is 3.41. The van der Waals surface area contributed by atoms with Gasteiger partial charge in [0.2, 0.25) is 0 Å². The highest BCUT2D eigenvalue weighted by atomic mass is 32.2. The summed E-state index contributed by atoms with van der Waals surface area (Å²) in [5, 5.41) is 5.10. The van der Waals surface area contributed by atoms with E-state index in [9.17, 15) is 13.2 Å². The molecule has 1 aromatic heterocycles. The lowest BCUT2D eigenvalue weighted by Crippen LogP contribution is -2.36. The summed E-state index contributed by atoms with van der Waals surface area (Å²) in [4.78, 5) is 18.3. The quantitative estimate of drug-likeness (QED) is 0.772. The van der Waals surface area contributed by atoms with E-state index < -0.39 is 15.9 Å². The Bertz CT molecular complexity index is 1000. The van der Waals surface area contributed by atoms with E-state index >= 15 is 0 Å². The standard InChI is InChI=1S/C16H15N3O5S2/c20-15-17-11-7-26(21,22)8-12(11)19(15)16-18-10(6-25-16)9-1-2-13-14(5-9)24-4-3-23-13/h1-2,5-6,11-12H,3-4,7-8H2,(H,17,20)/t11-,12-/m1/s1. The second-order valence-corrected chi connectivity index (χ2v) is 9.43. The number of nitrogens with one attached hydrogen (secondary N) is 1. The molecule has 2 saturated heterocycles. The number of anilines is 1. The topological polar surface area (TPSA) is 97.8 Å². The first-order valence-electron chi connectivity index (χ1n) is 8.16. The van der Waals surface area contributed by atoms with Gasteiger partial charge in [-0.3, -0.25) is 4.90 Å². The third kappa shape index (κ3) is 2.52. The molecule has 4 heterocycles. The van der Waals surface area contributed by atoms with E-state index in [1.807, 2.05) is 23.6 Å². The van der Waals surface area contributed by atoms with Crippen LogP contribution < -0.4 is 19.7 Å². The van der Waals surface area contributed by atoms with Crippen LogP contribution in [0, 0.1) is 0 Å². The van der Waals surface area contributed by atoms with Gasteiger partial charge in [-0.15, -0.1) is 11.3 Å². The summed E-state index contributed by atoms with van der Waals surface area (Å²) in [5.74, 6) is 1.33. The summed E-state index contributed by atoms with van der Waals surface area (Å²) >= 11 is 1.32. The number of benzene rings is 1. The summed E-state index contributed by atoms with van der Waals surface area (Å²) in [5.41, 5.74) is 1.56. The van der Waals surface area contributed by atoms with Crippen molar-refractivity contribution in [3.05, 3.63) is 23.6 Å². The summed E-state index contributed by atoms with van der Waals surface area (Å²) in [6.45, 7) is 1.03. The largest absolute Gasteiger partial charge is 0.486 e. The number of amides is 2. The van der Waals surface area contributed by atoms with Gasteiger partial charge in [-0.25, -0.2) is 18.2 Å². The Hall–Kier alpha value is -2.33. The first-order valence-corrected chi connectivity index (χ1v) is 10.9. The van der Waals surface area contributed by atoms with Gasteiger partial charge in [0.05, 0.1) is 29.3 Å². The van der Waals surface area contributed by atoms with Gasteiger partial charge in [-0.05, 0) is 18.2 Å². The number of hydrogen-bond donors (Lipinski definition) is 1. The molecule has 5 rings (SSSR count). The minimum absolute atomic E-state index is 0.0136. The van der Waals surface area contributed by atoms with Gasteiger partial charge in [0.25, 0.3) is 0 Å². The molecule has 1 N–H and O–H groups in total. The van der Waals surface area contributed by atoms with Gasteiger partial charge in [0, 0.05) is 10.9 Å². The van der Waals surface area contributed by atoms with Gasteiger partial charge in [0.1, 0.15) is 13.2 Å². The van der Waals surface area contributed by atoms with E-state index in [1.54, 1.807) is 0 Å². The Morgan fingerprint density at radius 3 is 2.85 bits per heavy atom. The van der Waals surface area contributed by atoms with Crippen LogP contribution in [0.3, 0.4) is 0 Å². The van der Waals surface area contributed by atoms with Crippen LogP contribution in [0.5, 0.6) is 11.5 Å². The molecular formula is C16H15N3O5S2. The van der Waals surface area contributed by atoms with Crippen LogP contribution in [0.25, 0.3) is 11.3 Å². The average Bonchev–Trinajstić information content (AvgIpc) is 3.26. The summed E-state index contributed by atoms with van der Waals surface area (Å²) in [6, 6.07) is 4.53. The SMILES string of the molecule is O=C1N[C@@H]2CS(=O)(=O)C[C@H]2N1c1nc(-c2ccc3c(c2)OCCO3)cs1. The Morgan fingerprint density at radius 2 is 2.00 bits per heavy atom. The molecule has 0 unspecified atom stereocenters. The second kappa shape index (κ2) is 5.58. The number of hydrogen-bond acceptors (Lipinski definition) is 7. The lowest BCUT2D eigenvalue weighted by molar-refractivity contribution is 0.171. The molecule has 2 atom stereocenters. The van der Waals surface area contributed by atoms with Crippen molar-refractivity contribution in [2.24, 2.45) is 0 Å². The van der Waals surface area contributed by atoms with E-state index in [0.717, 1.165) is 5.56 Å². The molecule has 0 aliphatic carbocycles. The Balaban J connectivity index is 1.46. The number of carbonyl (C=O) groups excluding carboxylic acids is 1. The van der Waals surface area contributed by atoms with Crippen molar-refractivity contribution in [2.45, 2.75) is 12.1 Å². The molecule has 3 aliphatic rings. The maximum absolute atomic E-state index is 12.3. The fourth-order valence-electron chi connectivity index (χ4n) is 3.54. The molecule has 0 spiro atoms. The number of fused-ring (bicyclic) bond motifs is 2. The molecular weight excluding hydrogens is 378 g/mol. The summed E-state index contributed by atoms with van der Waals surface area (Å²) < 4.78 is 34.9. The lowest BCUT2D eigenvalue weighted by Gasteiger charge is -2.19. The van der Waals surface area contributed by atoms with E-state index in [0.29, 0.717) is 35.5 Å². The molecule has 10 heteroatoms. The number of nitrogens with zero attached hydrogens (tertiary/aromatic N) is 2. The Labute approximate surface area is 153 Å². The second-order valence-electron chi connectivity index (χ2n) is 6.44. The van der Waals surface area contributed by atoms with Crippen LogP contribution in [0.15, 0.2) is 23.6 Å². The molecule has 8 nitrogen and oxygen atoms in total. The van der Waals surface area contributed by atoms with Crippen molar-refractivity contribution in [2.75, 3.05) is 29.6 Å². The minimum Gasteiger partial charge on any atom is -0.486 e. The molecule has 2 amide bonds. The van der Waals surface area contributed by atoms with E-state index in [1.165, 1.54) is 16.2 Å². The zero-order valence-corrected chi connectivity index (χ0v) is 15.2. The van der Waals surface area contributed by atoms with Crippen molar-refractivity contribution in [1.82, 2.24) is 10.3 Å². The highest BCUT2D eigenvalue weighted by molar-refractivity contribution is 7.91. The third-order valence-electron chi connectivity index (χ3n) is 4.72. The number of sulfone groups is 1. The number of rotatable bonds is 2. The van der Waals surface area contributed by atoms with Gasteiger partial charge in [-0.1, -0.05) is 0 Å². The van der Waals surface area contributed by atoms with Crippen LogP contribution in [0.4, 0.5) is 9.93 Å². The van der Waals surface area contributed by atoms with Crippen molar-refractivity contribution in [3.63, 3.8) is 0 Å². The highest BCUT2D eigenvalue weighted by Crippen LogP contribution is 2.37. The molecule has 0 saturated carbocycles. The number of thiazole rings is 1. The zero-order chi connectivity index (χ0) is 17.9. The predicted molar refractivity (Wildman–Crippen MR) is 95.8 cm³/mol. The van der Waals surface area contributed by atoms with Crippen LogP contribution in [-0.4, -0.2) is 56.2 Å². The zero-order valence-electron chi connectivity index (χ0n) is 13.5. The smallest absolute Gasteiger partial charge is 0.324 e. The molecule has 2 fully saturated rings. The molecule has 2 aromatic rings. The normalized spacial score (nSPS) is 25.8. The molecule has 3 aliphatic heterocycles. The van der Waals surface area contributed by atoms with Crippen LogP contribution in [0.1, 0.15) is 0 Å². The van der Waals surface area contributed by atoms with Crippen LogP contribution in [-0.2, 0) is 9.84 Å². The van der Waals surface area contributed by atoms with Crippen molar-refractivity contribution < 1.29 is 22.7 Å². The fourth-order valence-corrected chi connectivity index (χ4v) is 6.32. The molecule has 1 aromatic carbocycles. The average molecular weight is 393 g/mol. The fraction of sp³-hybridized carbons (Fsp3) is 0.375. The van der Waals surface area contributed by atoms with Crippen molar-refractivity contribution >= 4 is 32.3 Å². The monoisotopic (exact) mass is 393 g/mol. The van der Waals surface area contributed by atoms with E-state index in [4.69, 9.17) is 9.47 Å². The van der Waals surface area contributed by atoms with Gasteiger partial charge in [0.15, 0.2) is 26.5 Å². The lowest BCUT2D eigenvalue weighted by atomic mass is 10.1. The Morgan fingerprint density at radius 1 is 1.19 bits per heavy atom.